The number of hydrogen-bond acceptors (Lipinski definition) is 5. The van der Waals surface area contributed by atoms with E-state index in [1.54, 1.807) is 27.7 Å². The van der Waals surface area contributed by atoms with Crippen LogP contribution in [-0.4, -0.2) is 23.6 Å². The molecule has 25 heavy (non-hydrogen) atoms. The van der Waals surface area contributed by atoms with E-state index in [1.807, 2.05) is 30.3 Å². The smallest absolute Gasteiger partial charge is 0.250 e. The lowest BCUT2D eigenvalue weighted by Crippen LogP contribution is -2.27. The molecule has 0 saturated carbocycles. The van der Waals surface area contributed by atoms with Gasteiger partial charge in [-0.15, -0.1) is 10.2 Å². The van der Waals surface area contributed by atoms with Crippen LogP contribution in [0.1, 0.15) is 35.8 Å². The van der Waals surface area contributed by atoms with Gasteiger partial charge in [0, 0.05) is 24.4 Å². The number of H-pyrrole nitrogens is 1. The molecule has 7 nitrogen and oxygen atoms in total. The van der Waals surface area contributed by atoms with Crippen LogP contribution < -0.4 is 4.72 Å². The van der Waals surface area contributed by atoms with Gasteiger partial charge in [-0.25, -0.2) is 13.1 Å². The van der Waals surface area contributed by atoms with Gasteiger partial charge in [0.15, 0.2) is 0 Å². The van der Waals surface area contributed by atoms with Crippen LogP contribution in [0.4, 0.5) is 0 Å². The van der Waals surface area contributed by atoms with Crippen LogP contribution in [0, 0.1) is 20.8 Å². The van der Waals surface area contributed by atoms with Gasteiger partial charge in [-0.3, -0.25) is 0 Å². The van der Waals surface area contributed by atoms with E-state index in [2.05, 4.69) is 19.9 Å². The van der Waals surface area contributed by atoms with Crippen molar-refractivity contribution in [3.8, 4) is 11.5 Å². The number of nitrogens with zero attached hydrogens (tertiary/aromatic N) is 2. The van der Waals surface area contributed by atoms with E-state index in [-0.39, 0.29) is 16.8 Å². The molecule has 2 N–H and O–H groups in total. The first-order valence-electron chi connectivity index (χ1n) is 7.86. The quantitative estimate of drug-likeness (QED) is 0.728. The highest BCUT2D eigenvalue weighted by Crippen LogP contribution is 2.33. The molecular formula is C17H20N4O3S. The lowest BCUT2D eigenvalue weighted by Gasteiger charge is -2.15. The third kappa shape index (κ3) is 3.35. The Bertz CT molecular complexity index is 990. The Labute approximate surface area is 146 Å². The standard InChI is InChI=1S/C17H20N4O3S/c1-10(14-8-6-5-7-9-14)21-25(22,23)16-12(3)18-11(2)15(16)17-20-19-13(4)24-17/h5-10,18,21H,1-4H3/t10-/m0/s1. The Kier molecular flexibility index (Phi) is 4.49. The monoisotopic (exact) mass is 360 g/mol. The van der Waals surface area contributed by atoms with Gasteiger partial charge in [-0.2, -0.15) is 0 Å². The van der Waals surface area contributed by atoms with Gasteiger partial charge in [0.2, 0.25) is 15.9 Å². The molecule has 0 fully saturated rings. The second-order valence-electron chi connectivity index (χ2n) is 5.96. The average molecular weight is 360 g/mol. The Morgan fingerprint density at radius 2 is 1.76 bits per heavy atom. The number of benzene rings is 1. The lowest BCUT2D eigenvalue weighted by molar-refractivity contribution is 0.530. The summed E-state index contributed by atoms with van der Waals surface area (Å²) in [5.41, 5.74) is 2.47. The van der Waals surface area contributed by atoms with Gasteiger partial charge in [-0.05, 0) is 26.3 Å². The summed E-state index contributed by atoms with van der Waals surface area (Å²) in [5, 5.41) is 7.77. The third-order valence-electron chi connectivity index (χ3n) is 3.96. The first kappa shape index (κ1) is 17.4. The molecule has 3 rings (SSSR count). The molecule has 0 unspecified atom stereocenters. The maximum absolute atomic E-state index is 13.0. The third-order valence-corrected chi connectivity index (χ3v) is 5.67. The second-order valence-corrected chi connectivity index (χ2v) is 7.61. The summed E-state index contributed by atoms with van der Waals surface area (Å²) in [4.78, 5) is 3.19. The molecule has 132 valence electrons. The summed E-state index contributed by atoms with van der Waals surface area (Å²) in [6.45, 7) is 6.95. The molecule has 0 spiro atoms. The second kappa shape index (κ2) is 6.45. The zero-order chi connectivity index (χ0) is 18.2. The highest BCUT2D eigenvalue weighted by atomic mass is 32.2. The van der Waals surface area contributed by atoms with E-state index >= 15 is 0 Å². The molecule has 0 bridgehead atoms. The summed E-state index contributed by atoms with van der Waals surface area (Å²) in [6.07, 6.45) is 0. The summed E-state index contributed by atoms with van der Waals surface area (Å²) in [6, 6.07) is 9.02. The van der Waals surface area contributed by atoms with E-state index in [0.717, 1.165) is 5.56 Å². The maximum atomic E-state index is 13.0. The van der Waals surface area contributed by atoms with Crippen LogP contribution in [0.3, 0.4) is 0 Å². The van der Waals surface area contributed by atoms with Crippen molar-refractivity contribution in [2.75, 3.05) is 0 Å². The fraction of sp³-hybridized carbons (Fsp3) is 0.294. The van der Waals surface area contributed by atoms with Gasteiger partial charge in [0.05, 0.1) is 5.56 Å². The summed E-state index contributed by atoms with van der Waals surface area (Å²) in [7, 11) is -3.80. The van der Waals surface area contributed by atoms with E-state index in [0.29, 0.717) is 22.8 Å². The van der Waals surface area contributed by atoms with Crippen LogP contribution >= 0.6 is 0 Å². The normalized spacial score (nSPS) is 13.1. The predicted molar refractivity (Wildman–Crippen MR) is 93.5 cm³/mol. The van der Waals surface area contributed by atoms with Gasteiger partial charge in [-0.1, -0.05) is 30.3 Å². The molecule has 2 heterocycles. The minimum atomic E-state index is -3.80. The van der Waals surface area contributed by atoms with Crippen molar-refractivity contribution in [2.24, 2.45) is 0 Å². The Balaban J connectivity index is 2.03. The molecular weight excluding hydrogens is 340 g/mol. The molecule has 0 aliphatic carbocycles. The molecule has 3 aromatic rings. The van der Waals surface area contributed by atoms with Gasteiger partial charge in [0.1, 0.15) is 4.90 Å². The molecule has 0 aliphatic rings. The minimum absolute atomic E-state index is 0.136. The molecule has 8 heteroatoms. The summed E-state index contributed by atoms with van der Waals surface area (Å²) >= 11 is 0. The Morgan fingerprint density at radius 1 is 1.08 bits per heavy atom. The van der Waals surface area contributed by atoms with Crippen LogP contribution in [-0.2, 0) is 10.0 Å². The minimum Gasteiger partial charge on any atom is -0.421 e. The van der Waals surface area contributed by atoms with E-state index < -0.39 is 10.0 Å². The van der Waals surface area contributed by atoms with E-state index in [4.69, 9.17) is 4.42 Å². The maximum Gasteiger partial charge on any atom is 0.250 e. The molecule has 0 amide bonds. The number of aryl methyl sites for hydroxylation is 3. The van der Waals surface area contributed by atoms with Crippen molar-refractivity contribution in [1.29, 1.82) is 0 Å². The fourth-order valence-electron chi connectivity index (χ4n) is 2.85. The van der Waals surface area contributed by atoms with Crippen molar-refractivity contribution >= 4 is 10.0 Å². The topological polar surface area (TPSA) is 101 Å². The van der Waals surface area contributed by atoms with Crippen LogP contribution in [0.5, 0.6) is 0 Å². The molecule has 0 aliphatic heterocycles. The van der Waals surface area contributed by atoms with Crippen molar-refractivity contribution in [3.63, 3.8) is 0 Å². The predicted octanol–water partition coefficient (Wildman–Crippen LogP) is 3.03. The van der Waals surface area contributed by atoms with Crippen LogP contribution in [0.2, 0.25) is 0 Å². The molecule has 2 aromatic heterocycles. The molecule has 0 saturated heterocycles. The number of nitrogens with one attached hydrogen (secondary N) is 2. The van der Waals surface area contributed by atoms with Crippen LogP contribution in [0.15, 0.2) is 39.6 Å². The zero-order valence-corrected chi connectivity index (χ0v) is 15.3. The molecule has 1 aromatic carbocycles. The highest BCUT2D eigenvalue weighted by molar-refractivity contribution is 7.89. The molecule has 1 atom stereocenters. The van der Waals surface area contributed by atoms with Gasteiger partial charge < -0.3 is 9.40 Å². The lowest BCUT2D eigenvalue weighted by atomic mass is 10.1. The zero-order valence-electron chi connectivity index (χ0n) is 14.5. The number of rotatable bonds is 5. The average Bonchev–Trinajstić information content (AvgIpc) is 3.10. The molecule has 0 radical (unpaired) electrons. The first-order chi connectivity index (χ1) is 11.8. The van der Waals surface area contributed by atoms with Crippen LogP contribution in [0.25, 0.3) is 11.5 Å². The highest BCUT2D eigenvalue weighted by Gasteiger charge is 2.30. The SMILES string of the molecule is Cc1nnc(-c2c(C)[nH]c(C)c2S(=O)(=O)N[C@@H](C)c2ccccc2)o1. The van der Waals surface area contributed by atoms with Crippen molar-refractivity contribution in [1.82, 2.24) is 19.9 Å². The number of sulfonamides is 1. The van der Waals surface area contributed by atoms with Crippen molar-refractivity contribution in [3.05, 3.63) is 53.2 Å². The van der Waals surface area contributed by atoms with Crippen molar-refractivity contribution < 1.29 is 12.8 Å². The first-order valence-corrected chi connectivity index (χ1v) is 9.35. The fourth-order valence-corrected chi connectivity index (χ4v) is 4.53. The number of hydrogen-bond donors (Lipinski definition) is 2. The van der Waals surface area contributed by atoms with Gasteiger partial charge >= 0.3 is 0 Å². The Morgan fingerprint density at radius 3 is 2.36 bits per heavy atom. The summed E-state index contributed by atoms with van der Waals surface area (Å²) in [5.74, 6) is 0.564. The summed E-state index contributed by atoms with van der Waals surface area (Å²) < 4.78 is 34.2. The van der Waals surface area contributed by atoms with Gasteiger partial charge in [0.25, 0.3) is 5.89 Å². The van der Waals surface area contributed by atoms with E-state index in [9.17, 15) is 8.42 Å². The number of aromatic nitrogens is 3. The number of aromatic amines is 1. The van der Waals surface area contributed by atoms with Crippen molar-refractivity contribution in [2.45, 2.75) is 38.6 Å². The largest absolute Gasteiger partial charge is 0.421 e. The van der Waals surface area contributed by atoms with E-state index in [1.165, 1.54) is 0 Å². The Hall–Kier alpha value is -2.45.